The first-order chi connectivity index (χ1) is 14.0. The van der Waals surface area contributed by atoms with Crippen LogP contribution < -0.4 is 5.73 Å². The van der Waals surface area contributed by atoms with Gasteiger partial charge in [0.25, 0.3) is 5.91 Å². The number of carbonyl (C=O) groups is 2. The van der Waals surface area contributed by atoms with E-state index < -0.39 is 11.8 Å². The van der Waals surface area contributed by atoms with Gasteiger partial charge in [0, 0.05) is 24.7 Å². The highest BCUT2D eigenvalue weighted by molar-refractivity contribution is 7.18. The molecule has 1 aromatic heterocycles. The average Bonchev–Trinajstić information content (AvgIpc) is 3.16. The zero-order valence-electron chi connectivity index (χ0n) is 15.6. The summed E-state index contributed by atoms with van der Waals surface area (Å²) in [5.41, 5.74) is 6.65. The Morgan fingerprint density at radius 2 is 2.10 bits per heavy atom. The maximum Gasteiger partial charge on any atom is 0.340 e. The van der Waals surface area contributed by atoms with Crippen molar-refractivity contribution in [1.29, 1.82) is 0 Å². The third-order valence-electron chi connectivity index (χ3n) is 4.99. The van der Waals surface area contributed by atoms with Crippen molar-refractivity contribution in [3.05, 3.63) is 58.9 Å². The number of rotatable bonds is 4. The molecule has 1 aliphatic rings. The number of amides is 1. The first-order valence-electron chi connectivity index (χ1n) is 9.36. The molecule has 3 aromatic rings. The van der Waals surface area contributed by atoms with Gasteiger partial charge in [-0.3, -0.25) is 4.79 Å². The topological polar surface area (TPSA) is 85.5 Å². The lowest BCUT2D eigenvalue weighted by molar-refractivity contribution is -0.135. The number of hydrogen-bond donors (Lipinski definition) is 1. The number of ether oxygens (including phenoxy) is 1. The number of anilines is 1. The summed E-state index contributed by atoms with van der Waals surface area (Å²) >= 11 is 1.66. The largest absolute Gasteiger partial charge is 0.452 e. The zero-order valence-corrected chi connectivity index (χ0v) is 16.5. The molecule has 6 nitrogen and oxygen atoms in total. The summed E-state index contributed by atoms with van der Waals surface area (Å²) < 4.78 is 19.4. The average molecular weight is 413 g/mol. The second-order valence-corrected chi connectivity index (χ2v) is 8.07. The number of esters is 1. The Morgan fingerprint density at radius 3 is 2.90 bits per heavy atom. The van der Waals surface area contributed by atoms with E-state index >= 15 is 0 Å². The lowest BCUT2D eigenvalue weighted by Crippen LogP contribution is -2.41. The SMILES string of the molecule is Nc1cc(F)ccc1C(=O)OCC(=O)N1CCC[C@@H](c2nc3ccccc3s2)C1. The van der Waals surface area contributed by atoms with Crippen LogP contribution >= 0.6 is 11.3 Å². The number of benzene rings is 2. The Hall–Kier alpha value is -3.00. The Bertz CT molecular complexity index is 1040. The number of fused-ring (bicyclic) bond motifs is 1. The number of nitrogen functional groups attached to an aromatic ring is 1. The number of hydrogen-bond acceptors (Lipinski definition) is 6. The van der Waals surface area contributed by atoms with Crippen LogP contribution in [-0.4, -0.2) is 41.5 Å². The van der Waals surface area contributed by atoms with E-state index in [2.05, 4.69) is 0 Å². The minimum Gasteiger partial charge on any atom is -0.452 e. The van der Waals surface area contributed by atoms with Gasteiger partial charge in [0.2, 0.25) is 0 Å². The number of thiazole rings is 1. The molecular weight excluding hydrogens is 393 g/mol. The molecule has 1 saturated heterocycles. The van der Waals surface area contributed by atoms with Crippen molar-refractivity contribution in [2.75, 3.05) is 25.4 Å². The van der Waals surface area contributed by atoms with Crippen LogP contribution in [0.2, 0.25) is 0 Å². The Labute approximate surface area is 171 Å². The molecule has 29 heavy (non-hydrogen) atoms. The molecule has 1 atom stereocenters. The van der Waals surface area contributed by atoms with E-state index in [0.29, 0.717) is 13.1 Å². The monoisotopic (exact) mass is 413 g/mol. The number of nitrogens with two attached hydrogens (primary N) is 1. The van der Waals surface area contributed by atoms with Gasteiger partial charge in [0.1, 0.15) is 5.82 Å². The molecule has 1 amide bonds. The van der Waals surface area contributed by atoms with Crippen molar-refractivity contribution >= 4 is 39.1 Å². The maximum atomic E-state index is 13.1. The van der Waals surface area contributed by atoms with Gasteiger partial charge in [-0.15, -0.1) is 11.3 Å². The smallest absolute Gasteiger partial charge is 0.340 e. The first-order valence-corrected chi connectivity index (χ1v) is 10.2. The van der Waals surface area contributed by atoms with Gasteiger partial charge in [0.15, 0.2) is 6.61 Å². The predicted octanol–water partition coefficient (Wildman–Crippen LogP) is 3.58. The summed E-state index contributed by atoms with van der Waals surface area (Å²) in [6, 6.07) is 11.4. The summed E-state index contributed by atoms with van der Waals surface area (Å²) in [5.74, 6) is -1.36. The second-order valence-electron chi connectivity index (χ2n) is 7.01. The van der Waals surface area contributed by atoms with Gasteiger partial charge < -0.3 is 15.4 Å². The fraction of sp³-hybridized carbons (Fsp3) is 0.286. The van der Waals surface area contributed by atoms with E-state index in [1.807, 2.05) is 24.3 Å². The van der Waals surface area contributed by atoms with Gasteiger partial charge in [-0.2, -0.15) is 0 Å². The van der Waals surface area contributed by atoms with E-state index in [0.717, 1.165) is 40.2 Å². The molecule has 0 saturated carbocycles. The van der Waals surface area contributed by atoms with Gasteiger partial charge >= 0.3 is 5.97 Å². The molecule has 1 fully saturated rings. The Morgan fingerprint density at radius 1 is 1.28 bits per heavy atom. The highest BCUT2D eigenvalue weighted by Gasteiger charge is 2.27. The van der Waals surface area contributed by atoms with Crippen LogP contribution in [0.15, 0.2) is 42.5 Å². The maximum absolute atomic E-state index is 13.1. The van der Waals surface area contributed by atoms with Gasteiger partial charge in [-0.05, 0) is 43.2 Å². The van der Waals surface area contributed by atoms with Gasteiger partial charge in [-0.1, -0.05) is 12.1 Å². The van der Waals surface area contributed by atoms with Gasteiger partial charge in [0.05, 0.1) is 20.8 Å². The minimum absolute atomic E-state index is 0.0173. The molecule has 8 heteroatoms. The normalized spacial score (nSPS) is 16.7. The fourth-order valence-corrected chi connectivity index (χ4v) is 4.58. The summed E-state index contributed by atoms with van der Waals surface area (Å²) in [5, 5.41) is 1.03. The van der Waals surface area contributed by atoms with E-state index in [4.69, 9.17) is 15.5 Å². The molecule has 0 bridgehead atoms. The quantitative estimate of drug-likeness (QED) is 0.522. The van der Waals surface area contributed by atoms with Crippen molar-refractivity contribution in [3.8, 4) is 0 Å². The molecule has 0 spiro atoms. The molecule has 150 valence electrons. The highest BCUT2D eigenvalue weighted by Crippen LogP contribution is 2.33. The molecule has 4 rings (SSSR count). The molecule has 0 aliphatic carbocycles. The first kappa shape index (κ1) is 19.3. The summed E-state index contributed by atoms with van der Waals surface area (Å²) in [7, 11) is 0. The lowest BCUT2D eigenvalue weighted by Gasteiger charge is -2.31. The van der Waals surface area contributed by atoms with Crippen molar-refractivity contribution in [3.63, 3.8) is 0 Å². The molecule has 0 unspecified atom stereocenters. The summed E-state index contributed by atoms with van der Waals surface area (Å²) in [4.78, 5) is 31.1. The van der Waals surface area contributed by atoms with Crippen LogP contribution in [0.1, 0.15) is 34.1 Å². The highest BCUT2D eigenvalue weighted by atomic mass is 32.1. The number of nitrogens with zero attached hydrogens (tertiary/aromatic N) is 2. The minimum atomic E-state index is -0.740. The zero-order chi connectivity index (χ0) is 20.4. The number of carbonyl (C=O) groups excluding carboxylic acids is 2. The molecule has 2 N–H and O–H groups in total. The molecule has 2 heterocycles. The van der Waals surface area contributed by atoms with Crippen LogP contribution in [-0.2, 0) is 9.53 Å². The Balaban J connectivity index is 1.37. The van der Waals surface area contributed by atoms with Crippen LogP contribution in [0.5, 0.6) is 0 Å². The molecular formula is C21H20FN3O3S. The van der Waals surface area contributed by atoms with Crippen molar-refractivity contribution in [2.45, 2.75) is 18.8 Å². The number of para-hydroxylation sites is 1. The fourth-order valence-electron chi connectivity index (χ4n) is 3.49. The third-order valence-corrected chi connectivity index (χ3v) is 6.19. The second kappa shape index (κ2) is 8.16. The summed E-state index contributed by atoms with van der Waals surface area (Å²) in [6.07, 6.45) is 1.83. The lowest BCUT2D eigenvalue weighted by atomic mass is 9.99. The standard InChI is InChI=1S/C21H20FN3O3S/c22-14-7-8-15(16(23)10-14)21(27)28-12-19(26)25-9-3-4-13(11-25)20-24-17-5-1-2-6-18(17)29-20/h1-2,5-8,10,13H,3-4,9,11-12,23H2/t13-/m1/s1. The van der Waals surface area contributed by atoms with Crippen molar-refractivity contribution in [1.82, 2.24) is 9.88 Å². The molecule has 1 aliphatic heterocycles. The van der Waals surface area contributed by atoms with Gasteiger partial charge in [-0.25, -0.2) is 14.2 Å². The number of likely N-dealkylation sites (tertiary alicyclic amines) is 1. The molecule has 2 aromatic carbocycles. The van der Waals surface area contributed by atoms with Crippen LogP contribution in [0, 0.1) is 5.82 Å². The number of aromatic nitrogens is 1. The van der Waals surface area contributed by atoms with E-state index in [-0.39, 0.29) is 29.7 Å². The number of piperidine rings is 1. The van der Waals surface area contributed by atoms with E-state index in [1.165, 1.54) is 6.07 Å². The van der Waals surface area contributed by atoms with Crippen LogP contribution in [0.3, 0.4) is 0 Å². The van der Waals surface area contributed by atoms with Crippen LogP contribution in [0.4, 0.5) is 10.1 Å². The predicted molar refractivity (Wildman–Crippen MR) is 109 cm³/mol. The van der Waals surface area contributed by atoms with Crippen molar-refractivity contribution in [2.24, 2.45) is 0 Å². The van der Waals surface area contributed by atoms with E-state index in [9.17, 15) is 14.0 Å². The van der Waals surface area contributed by atoms with Crippen LogP contribution in [0.25, 0.3) is 10.2 Å². The Kier molecular flexibility index (Phi) is 5.44. The summed E-state index contributed by atoms with van der Waals surface area (Å²) in [6.45, 7) is 0.799. The number of halogens is 1. The third kappa shape index (κ3) is 4.22. The molecule has 0 radical (unpaired) electrons. The van der Waals surface area contributed by atoms with Crippen molar-refractivity contribution < 1.29 is 18.7 Å². The van der Waals surface area contributed by atoms with E-state index in [1.54, 1.807) is 16.2 Å².